The van der Waals surface area contributed by atoms with Gasteiger partial charge in [-0.3, -0.25) is 0 Å². The molecule has 3 N–H and O–H groups in total. The lowest BCUT2D eigenvalue weighted by atomic mass is 10.2. The molecule has 4 heteroatoms. The molecule has 0 aromatic heterocycles. The predicted molar refractivity (Wildman–Crippen MR) is 33.7 cm³/mol. The molecule has 2 atom stereocenters. The van der Waals surface area contributed by atoms with Crippen LogP contribution in [0.2, 0.25) is 0 Å². The van der Waals surface area contributed by atoms with Crippen molar-refractivity contribution in [1.29, 1.82) is 0 Å². The van der Waals surface area contributed by atoms with E-state index in [4.69, 9.17) is 20.1 Å². The highest BCUT2D eigenvalue weighted by Crippen LogP contribution is 2.17. The molecule has 0 aromatic rings. The summed E-state index contributed by atoms with van der Waals surface area (Å²) in [5.41, 5.74) is 0. The Morgan fingerprint density at radius 2 is 2.30 bits per heavy atom. The molecular formula is C6H10O4. The first-order valence-electron chi connectivity index (χ1n) is 3.07. The Labute approximate surface area is 58.4 Å². The first-order valence-corrected chi connectivity index (χ1v) is 3.07. The van der Waals surface area contributed by atoms with Gasteiger partial charge in [-0.05, 0) is 0 Å². The maximum Gasteiger partial charge on any atom is 0.155 e. The van der Waals surface area contributed by atoms with Gasteiger partial charge in [-0.1, -0.05) is 0 Å². The van der Waals surface area contributed by atoms with Crippen LogP contribution in [-0.4, -0.2) is 34.1 Å². The van der Waals surface area contributed by atoms with Gasteiger partial charge in [-0.25, -0.2) is 0 Å². The highest BCUT2D eigenvalue weighted by Gasteiger charge is 2.26. The molecule has 0 aromatic carbocycles. The summed E-state index contributed by atoms with van der Waals surface area (Å²) in [6.07, 6.45) is -0.113. The average Bonchev–Trinajstić information content (AvgIpc) is 2.34. The summed E-state index contributed by atoms with van der Waals surface area (Å²) < 4.78 is 4.89. The van der Waals surface area contributed by atoms with Gasteiger partial charge in [0, 0.05) is 6.42 Å². The molecule has 1 rings (SSSR count). The van der Waals surface area contributed by atoms with Crippen LogP contribution in [0.15, 0.2) is 12.0 Å². The van der Waals surface area contributed by atoms with E-state index < -0.39 is 12.2 Å². The van der Waals surface area contributed by atoms with Crippen molar-refractivity contribution in [2.75, 3.05) is 6.61 Å². The summed E-state index contributed by atoms with van der Waals surface area (Å²) in [5.74, 6) is -0.225. The quantitative estimate of drug-likeness (QED) is 0.458. The number of hydrogen-bond donors (Lipinski definition) is 3. The lowest BCUT2D eigenvalue weighted by molar-refractivity contribution is 0.0810. The van der Waals surface area contributed by atoms with E-state index in [1.807, 2.05) is 0 Å². The number of ether oxygens (including phenoxy) is 1. The van der Waals surface area contributed by atoms with Crippen molar-refractivity contribution in [3.63, 3.8) is 0 Å². The summed E-state index contributed by atoms with van der Waals surface area (Å²) in [5, 5.41) is 26.1. The molecule has 1 fully saturated rings. The summed E-state index contributed by atoms with van der Waals surface area (Å²) in [7, 11) is 0. The van der Waals surface area contributed by atoms with Crippen LogP contribution in [-0.2, 0) is 4.74 Å². The van der Waals surface area contributed by atoms with Gasteiger partial charge < -0.3 is 20.1 Å². The molecule has 1 aliphatic rings. The van der Waals surface area contributed by atoms with Crippen molar-refractivity contribution in [1.82, 2.24) is 0 Å². The Balaban J connectivity index is 2.45. The largest absolute Gasteiger partial charge is 0.512 e. The average molecular weight is 146 g/mol. The van der Waals surface area contributed by atoms with Crippen molar-refractivity contribution in [3.05, 3.63) is 12.0 Å². The van der Waals surface area contributed by atoms with Crippen molar-refractivity contribution < 1.29 is 20.1 Å². The normalized spacial score (nSPS) is 34.7. The molecule has 4 nitrogen and oxygen atoms in total. The maximum absolute atomic E-state index is 8.90. The van der Waals surface area contributed by atoms with Crippen LogP contribution in [0.1, 0.15) is 6.42 Å². The molecule has 0 bridgehead atoms. The van der Waals surface area contributed by atoms with E-state index >= 15 is 0 Å². The van der Waals surface area contributed by atoms with Crippen LogP contribution in [0.4, 0.5) is 0 Å². The van der Waals surface area contributed by atoms with Crippen LogP contribution >= 0.6 is 0 Å². The van der Waals surface area contributed by atoms with Gasteiger partial charge in [-0.15, -0.1) is 0 Å². The fourth-order valence-corrected chi connectivity index (χ4v) is 0.900. The third kappa shape index (κ3) is 1.40. The highest BCUT2D eigenvalue weighted by molar-refractivity contribution is 4.97. The Kier molecular flexibility index (Phi) is 2.13. The van der Waals surface area contributed by atoms with Crippen molar-refractivity contribution in [3.8, 4) is 0 Å². The SMILES string of the molecule is OC=C(O)C1CC(O)CO1. The van der Waals surface area contributed by atoms with Gasteiger partial charge >= 0.3 is 0 Å². The molecule has 0 radical (unpaired) electrons. The monoisotopic (exact) mass is 146 g/mol. The van der Waals surface area contributed by atoms with E-state index in [-0.39, 0.29) is 12.4 Å². The molecule has 1 heterocycles. The molecule has 1 saturated heterocycles. The summed E-state index contributed by atoms with van der Waals surface area (Å²) in [6.45, 7) is 0.225. The number of hydrogen-bond acceptors (Lipinski definition) is 4. The first kappa shape index (κ1) is 7.37. The van der Waals surface area contributed by atoms with Crippen LogP contribution in [0.25, 0.3) is 0 Å². The second-order valence-electron chi connectivity index (χ2n) is 2.27. The molecular weight excluding hydrogens is 136 g/mol. The van der Waals surface area contributed by atoms with Crippen molar-refractivity contribution >= 4 is 0 Å². The topological polar surface area (TPSA) is 69.9 Å². The molecule has 0 amide bonds. The van der Waals surface area contributed by atoms with Crippen molar-refractivity contribution in [2.45, 2.75) is 18.6 Å². The maximum atomic E-state index is 8.90. The fourth-order valence-electron chi connectivity index (χ4n) is 0.900. The van der Waals surface area contributed by atoms with Gasteiger partial charge in [0.05, 0.1) is 12.7 Å². The third-order valence-electron chi connectivity index (χ3n) is 1.44. The van der Waals surface area contributed by atoms with Gasteiger partial charge in [0.1, 0.15) is 12.4 Å². The minimum absolute atomic E-state index is 0.225. The summed E-state index contributed by atoms with van der Waals surface area (Å²) in [4.78, 5) is 0. The van der Waals surface area contributed by atoms with Crippen LogP contribution in [0.3, 0.4) is 0 Å². The molecule has 0 spiro atoms. The highest BCUT2D eigenvalue weighted by atomic mass is 16.5. The van der Waals surface area contributed by atoms with E-state index in [0.29, 0.717) is 12.7 Å². The molecule has 58 valence electrons. The van der Waals surface area contributed by atoms with Crippen LogP contribution in [0.5, 0.6) is 0 Å². The van der Waals surface area contributed by atoms with Gasteiger partial charge in [-0.2, -0.15) is 0 Å². The summed E-state index contributed by atoms with van der Waals surface area (Å²) >= 11 is 0. The zero-order chi connectivity index (χ0) is 7.56. The molecule has 2 unspecified atom stereocenters. The Bertz CT molecular complexity index is 143. The molecule has 1 aliphatic heterocycles. The lowest BCUT2D eigenvalue weighted by Gasteiger charge is -2.04. The van der Waals surface area contributed by atoms with E-state index in [9.17, 15) is 0 Å². The van der Waals surface area contributed by atoms with E-state index in [1.165, 1.54) is 0 Å². The molecule has 0 aliphatic carbocycles. The van der Waals surface area contributed by atoms with Gasteiger partial charge in [0.2, 0.25) is 0 Å². The minimum Gasteiger partial charge on any atom is -0.512 e. The van der Waals surface area contributed by atoms with E-state index in [0.717, 1.165) is 0 Å². The van der Waals surface area contributed by atoms with E-state index in [2.05, 4.69) is 0 Å². The molecule has 0 saturated carbocycles. The summed E-state index contributed by atoms with van der Waals surface area (Å²) in [6, 6.07) is 0. The van der Waals surface area contributed by atoms with Crippen molar-refractivity contribution in [2.24, 2.45) is 0 Å². The molecule has 10 heavy (non-hydrogen) atoms. The third-order valence-corrected chi connectivity index (χ3v) is 1.44. The zero-order valence-electron chi connectivity index (χ0n) is 5.40. The Morgan fingerprint density at radius 3 is 2.70 bits per heavy atom. The standard InChI is InChI=1S/C6H10O4/c7-2-5(9)6-1-4(8)3-10-6/h2,4,6-9H,1,3H2. The second-order valence-corrected chi connectivity index (χ2v) is 2.27. The smallest absolute Gasteiger partial charge is 0.155 e. The number of aliphatic hydroxyl groups is 3. The van der Waals surface area contributed by atoms with Crippen LogP contribution < -0.4 is 0 Å². The zero-order valence-corrected chi connectivity index (χ0v) is 5.40. The Hall–Kier alpha value is -0.740. The number of rotatable bonds is 1. The van der Waals surface area contributed by atoms with Gasteiger partial charge in [0.25, 0.3) is 0 Å². The van der Waals surface area contributed by atoms with Crippen LogP contribution in [0, 0.1) is 0 Å². The second kappa shape index (κ2) is 2.90. The minimum atomic E-state index is -0.528. The predicted octanol–water partition coefficient (Wildman–Crippen LogP) is 0.0936. The number of aliphatic hydroxyl groups excluding tert-OH is 3. The Morgan fingerprint density at radius 1 is 1.60 bits per heavy atom. The lowest BCUT2D eigenvalue weighted by Crippen LogP contribution is -2.09. The fraction of sp³-hybridized carbons (Fsp3) is 0.667. The van der Waals surface area contributed by atoms with E-state index in [1.54, 1.807) is 0 Å². The van der Waals surface area contributed by atoms with Gasteiger partial charge in [0.15, 0.2) is 5.76 Å². The first-order chi connectivity index (χ1) is 4.74.